The molecule has 34 heavy (non-hydrogen) atoms. The molecule has 10 heteroatoms. The summed E-state index contributed by atoms with van der Waals surface area (Å²) in [6.07, 6.45) is -0.354. The largest absolute Gasteiger partial charge is 0.480 e. The number of esters is 2. The van der Waals surface area contributed by atoms with Crippen molar-refractivity contribution < 1.29 is 37.0 Å². The number of aryl methyl sites for hydroxylation is 1. The molecule has 0 bridgehead atoms. The number of ketones is 1. The summed E-state index contributed by atoms with van der Waals surface area (Å²) in [6.45, 7) is 3.29. The van der Waals surface area contributed by atoms with Crippen molar-refractivity contribution in [1.29, 1.82) is 0 Å². The normalized spacial score (nSPS) is 17.3. The molecule has 0 spiro atoms. The van der Waals surface area contributed by atoms with E-state index in [0.29, 0.717) is 4.31 Å². The molecule has 1 atom stereocenters. The molecule has 176 valence electrons. The molecule has 0 amide bonds. The molecule has 4 rings (SSSR count). The third kappa shape index (κ3) is 3.75. The summed E-state index contributed by atoms with van der Waals surface area (Å²) in [5, 5.41) is 0. The van der Waals surface area contributed by atoms with E-state index in [1.807, 2.05) is 0 Å². The number of sulfonamides is 1. The first-order valence-electron chi connectivity index (χ1n) is 10.3. The molecule has 2 aliphatic heterocycles. The van der Waals surface area contributed by atoms with Gasteiger partial charge in [-0.1, -0.05) is 29.8 Å². The first-order chi connectivity index (χ1) is 16.2. The van der Waals surface area contributed by atoms with Crippen molar-refractivity contribution in [2.75, 3.05) is 13.7 Å². The van der Waals surface area contributed by atoms with Gasteiger partial charge >= 0.3 is 11.9 Å². The number of carbonyl (C=O) groups is 3. The molecule has 0 saturated carbocycles. The monoisotopic (exact) mass is 483 g/mol. The van der Waals surface area contributed by atoms with Gasteiger partial charge in [0.05, 0.1) is 29.7 Å². The summed E-state index contributed by atoms with van der Waals surface area (Å²) in [7, 11) is -3.38. The first kappa shape index (κ1) is 23.2. The van der Waals surface area contributed by atoms with Crippen LogP contribution >= 0.6 is 0 Å². The van der Waals surface area contributed by atoms with Crippen molar-refractivity contribution in [1.82, 2.24) is 4.31 Å². The number of methoxy groups -OCH3 is 1. The van der Waals surface area contributed by atoms with E-state index in [2.05, 4.69) is 0 Å². The molecule has 2 aromatic rings. The zero-order valence-electron chi connectivity index (χ0n) is 18.6. The van der Waals surface area contributed by atoms with Crippen LogP contribution < -0.4 is 4.74 Å². The zero-order chi connectivity index (χ0) is 24.6. The van der Waals surface area contributed by atoms with Gasteiger partial charge < -0.3 is 14.2 Å². The van der Waals surface area contributed by atoms with E-state index in [1.54, 1.807) is 44.2 Å². The minimum atomic E-state index is -4.43. The molecular formula is C24H21NO8S. The molecule has 2 aromatic carbocycles. The van der Waals surface area contributed by atoms with Crippen molar-refractivity contribution in [3.05, 3.63) is 82.7 Å². The van der Waals surface area contributed by atoms with Crippen LogP contribution in [0.5, 0.6) is 5.75 Å². The Balaban J connectivity index is 2.00. The topological polar surface area (TPSA) is 116 Å². The van der Waals surface area contributed by atoms with Crippen molar-refractivity contribution in [2.24, 2.45) is 0 Å². The van der Waals surface area contributed by atoms with Crippen molar-refractivity contribution in [3.8, 4) is 5.75 Å². The third-order valence-corrected chi connectivity index (χ3v) is 7.04. The Morgan fingerprint density at radius 1 is 1.06 bits per heavy atom. The van der Waals surface area contributed by atoms with Crippen LogP contribution in [0.15, 0.2) is 76.5 Å². The van der Waals surface area contributed by atoms with Gasteiger partial charge in [-0.15, -0.1) is 0 Å². The maximum atomic E-state index is 13.6. The highest BCUT2D eigenvalue weighted by Gasteiger charge is 2.48. The standard InChI is InChI=1S/C24H21NO8S/c1-4-32-23(27)19-20(24(28)31-3)25(34(29,30)15-11-9-14(2)10-12-15)13-17-21(26)16-7-5-6-8-18(16)33-22(17)19/h5-13,22H,4H2,1-3H3. The van der Waals surface area contributed by atoms with E-state index < -0.39 is 45.1 Å². The van der Waals surface area contributed by atoms with E-state index in [9.17, 15) is 22.8 Å². The highest BCUT2D eigenvalue weighted by molar-refractivity contribution is 7.89. The fourth-order valence-electron chi connectivity index (χ4n) is 3.72. The number of carbonyl (C=O) groups excluding carboxylic acids is 3. The molecule has 2 aliphatic rings. The van der Waals surface area contributed by atoms with Gasteiger partial charge in [0, 0.05) is 6.20 Å². The molecular weight excluding hydrogens is 462 g/mol. The second-order valence-corrected chi connectivity index (χ2v) is 9.31. The van der Waals surface area contributed by atoms with Crippen LogP contribution in [0.2, 0.25) is 0 Å². The average Bonchev–Trinajstić information content (AvgIpc) is 2.83. The van der Waals surface area contributed by atoms with Gasteiger partial charge in [0.15, 0.2) is 17.6 Å². The SMILES string of the molecule is CCOC(=O)C1=C(C(=O)OC)N(S(=O)(=O)c2ccc(C)cc2)C=C2C(=O)c3ccccc3OC21. The van der Waals surface area contributed by atoms with Gasteiger partial charge in [-0.3, -0.25) is 4.79 Å². The molecule has 0 N–H and O–H groups in total. The smallest absolute Gasteiger partial charge is 0.356 e. The lowest BCUT2D eigenvalue weighted by Gasteiger charge is -2.36. The summed E-state index contributed by atoms with van der Waals surface area (Å²) in [5.41, 5.74) is -0.167. The molecule has 0 saturated heterocycles. The Hall–Kier alpha value is -3.92. The summed E-state index contributed by atoms with van der Waals surface area (Å²) in [5.74, 6) is -2.46. The lowest BCUT2D eigenvalue weighted by Crippen LogP contribution is -2.45. The third-order valence-electron chi connectivity index (χ3n) is 5.37. The Morgan fingerprint density at radius 2 is 1.74 bits per heavy atom. The Kier molecular flexibility index (Phi) is 6.01. The maximum Gasteiger partial charge on any atom is 0.356 e. The number of hydrogen-bond donors (Lipinski definition) is 0. The first-order valence-corrected chi connectivity index (χ1v) is 11.8. The number of hydrogen-bond acceptors (Lipinski definition) is 8. The predicted molar refractivity (Wildman–Crippen MR) is 119 cm³/mol. The lowest BCUT2D eigenvalue weighted by molar-refractivity contribution is -0.142. The number of para-hydroxylation sites is 1. The second-order valence-electron chi connectivity index (χ2n) is 7.50. The Morgan fingerprint density at radius 3 is 2.38 bits per heavy atom. The molecule has 0 fully saturated rings. The highest BCUT2D eigenvalue weighted by atomic mass is 32.2. The molecule has 9 nitrogen and oxygen atoms in total. The van der Waals surface area contributed by atoms with E-state index in [1.165, 1.54) is 18.2 Å². The van der Waals surface area contributed by atoms with Crippen LogP contribution in [0.25, 0.3) is 0 Å². The minimum absolute atomic E-state index is 0.0577. The molecule has 0 radical (unpaired) electrons. The molecule has 1 unspecified atom stereocenters. The lowest BCUT2D eigenvalue weighted by atomic mass is 9.88. The van der Waals surface area contributed by atoms with Crippen LogP contribution in [0.1, 0.15) is 22.8 Å². The average molecular weight is 483 g/mol. The Bertz CT molecular complexity index is 1360. The minimum Gasteiger partial charge on any atom is -0.480 e. The van der Waals surface area contributed by atoms with Gasteiger partial charge in [0.25, 0.3) is 10.0 Å². The van der Waals surface area contributed by atoms with Gasteiger partial charge in [-0.2, -0.15) is 0 Å². The maximum absolute atomic E-state index is 13.6. The highest BCUT2D eigenvalue weighted by Crippen LogP contribution is 2.40. The van der Waals surface area contributed by atoms with Gasteiger partial charge in [0.2, 0.25) is 0 Å². The quantitative estimate of drug-likeness (QED) is 0.596. The fraction of sp³-hybridized carbons (Fsp3) is 0.208. The summed E-state index contributed by atoms with van der Waals surface area (Å²) in [4.78, 5) is 39.1. The number of benzene rings is 2. The summed E-state index contributed by atoms with van der Waals surface area (Å²) < 4.78 is 43.7. The van der Waals surface area contributed by atoms with E-state index in [4.69, 9.17) is 14.2 Å². The van der Waals surface area contributed by atoms with Crippen LogP contribution in [0, 0.1) is 6.92 Å². The fourth-order valence-corrected chi connectivity index (χ4v) is 5.09. The van der Waals surface area contributed by atoms with Gasteiger partial charge in [-0.25, -0.2) is 22.3 Å². The second kappa shape index (κ2) is 8.79. The van der Waals surface area contributed by atoms with E-state index in [-0.39, 0.29) is 28.4 Å². The molecule has 0 aliphatic carbocycles. The molecule has 0 aromatic heterocycles. The van der Waals surface area contributed by atoms with Crippen molar-refractivity contribution in [2.45, 2.75) is 24.8 Å². The van der Waals surface area contributed by atoms with Crippen LogP contribution in [-0.4, -0.2) is 50.3 Å². The van der Waals surface area contributed by atoms with E-state index >= 15 is 0 Å². The van der Waals surface area contributed by atoms with Crippen molar-refractivity contribution >= 4 is 27.7 Å². The summed E-state index contributed by atoms with van der Waals surface area (Å²) >= 11 is 0. The van der Waals surface area contributed by atoms with Crippen LogP contribution in [0.4, 0.5) is 0 Å². The van der Waals surface area contributed by atoms with Gasteiger partial charge in [0.1, 0.15) is 11.3 Å². The number of ether oxygens (including phenoxy) is 3. The van der Waals surface area contributed by atoms with Crippen LogP contribution in [-0.2, 0) is 29.1 Å². The summed E-state index contributed by atoms with van der Waals surface area (Å²) in [6, 6.07) is 12.2. The zero-order valence-corrected chi connectivity index (χ0v) is 19.4. The van der Waals surface area contributed by atoms with Crippen LogP contribution in [0.3, 0.4) is 0 Å². The number of rotatable bonds is 5. The predicted octanol–water partition coefficient (Wildman–Crippen LogP) is 2.52. The van der Waals surface area contributed by atoms with E-state index in [0.717, 1.165) is 18.9 Å². The molecule has 2 heterocycles. The number of fused-ring (bicyclic) bond motifs is 2. The number of nitrogens with zero attached hydrogens (tertiary/aromatic N) is 1. The van der Waals surface area contributed by atoms with Gasteiger partial charge in [-0.05, 0) is 38.1 Å². The number of Topliss-reactive ketones (excluding diaryl/α,β-unsaturated/α-hetero) is 1. The van der Waals surface area contributed by atoms with Crippen molar-refractivity contribution in [3.63, 3.8) is 0 Å². The Labute approximate surface area is 196 Å².